The molecule has 2 nitrogen and oxygen atoms in total. The van der Waals surface area contributed by atoms with Crippen molar-refractivity contribution in [3.63, 3.8) is 0 Å². The van der Waals surface area contributed by atoms with Gasteiger partial charge in [-0.15, -0.1) is 0 Å². The van der Waals surface area contributed by atoms with Crippen LogP contribution in [-0.4, -0.2) is 4.57 Å². The Kier molecular flexibility index (Phi) is 3.72. The minimum atomic E-state index is -0.249. The molecule has 0 saturated heterocycles. The van der Waals surface area contributed by atoms with Crippen molar-refractivity contribution in [3.05, 3.63) is 64.0 Å². The zero-order valence-electron chi connectivity index (χ0n) is 12.0. The van der Waals surface area contributed by atoms with Crippen molar-refractivity contribution in [1.82, 2.24) is 4.57 Å². The molecule has 1 heterocycles. The molecule has 0 bridgehead atoms. The lowest BCUT2D eigenvalue weighted by Crippen LogP contribution is -2.01. The van der Waals surface area contributed by atoms with E-state index < -0.39 is 0 Å². The molecule has 0 aliphatic heterocycles. The first-order valence-electron chi connectivity index (χ1n) is 6.78. The van der Waals surface area contributed by atoms with Crippen LogP contribution in [0.3, 0.4) is 0 Å². The lowest BCUT2D eigenvalue weighted by Gasteiger charge is -2.10. The Morgan fingerprint density at radius 3 is 2.81 bits per heavy atom. The number of halogens is 2. The van der Waals surface area contributed by atoms with Crippen molar-refractivity contribution in [2.24, 2.45) is 7.05 Å². The first-order chi connectivity index (χ1) is 10.1. The van der Waals surface area contributed by atoms with E-state index >= 15 is 0 Å². The Morgan fingerprint density at radius 2 is 2.00 bits per heavy atom. The molecule has 0 aliphatic rings. The highest BCUT2D eigenvalue weighted by molar-refractivity contribution is 9.10. The number of hydrogen-bond donors (Lipinski definition) is 1. The van der Waals surface area contributed by atoms with Crippen LogP contribution in [-0.2, 0) is 13.6 Å². The molecule has 0 saturated carbocycles. The molecule has 0 fully saturated rings. The monoisotopic (exact) mass is 346 g/mol. The van der Waals surface area contributed by atoms with Crippen molar-refractivity contribution in [2.75, 3.05) is 5.32 Å². The van der Waals surface area contributed by atoms with Crippen LogP contribution in [0.1, 0.15) is 11.1 Å². The molecular formula is C17H16BrFN2. The summed E-state index contributed by atoms with van der Waals surface area (Å²) in [5.74, 6) is -0.249. The lowest BCUT2D eigenvalue weighted by molar-refractivity contribution is 0.621. The molecule has 2 aromatic carbocycles. The average molecular weight is 347 g/mol. The van der Waals surface area contributed by atoms with E-state index in [2.05, 4.69) is 44.1 Å². The zero-order chi connectivity index (χ0) is 15.0. The summed E-state index contributed by atoms with van der Waals surface area (Å²) in [6.07, 6.45) is 2.11. The fraction of sp³-hybridized carbons (Fsp3) is 0.176. The minimum absolute atomic E-state index is 0.249. The molecule has 21 heavy (non-hydrogen) atoms. The second-order valence-corrected chi connectivity index (χ2v) is 6.07. The number of nitrogens with one attached hydrogen (secondary N) is 1. The molecule has 0 atom stereocenters. The van der Waals surface area contributed by atoms with E-state index in [-0.39, 0.29) is 5.82 Å². The summed E-state index contributed by atoms with van der Waals surface area (Å²) in [6, 6.07) is 11.6. The SMILES string of the molecule is Cc1cc(Br)c(F)cc1NCc1cn(C)c2ccccc12. The molecule has 1 N–H and O–H groups in total. The Labute approximate surface area is 131 Å². The number of nitrogens with zero attached hydrogens (tertiary/aromatic N) is 1. The van der Waals surface area contributed by atoms with Crippen LogP contribution in [0.25, 0.3) is 10.9 Å². The number of para-hydroxylation sites is 1. The summed E-state index contributed by atoms with van der Waals surface area (Å²) in [5.41, 5.74) is 4.25. The first kappa shape index (κ1) is 14.1. The smallest absolute Gasteiger partial charge is 0.139 e. The normalized spacial score (nSPS) is 11.0. The van der Waals surface area contributed by atoms with Gasteiger partial charge in [0.05, 0.1) is 4.47 Å². The van der Waals surface area contributed by atoms with E-state index in [0.29, 0.717) is 11.0 Å². The van der Waals surface area contributed by atoms with E-state index in [9.17, 15) is 4.39 Å². The molecular weight excluding hydrogens is 331 g/mol. The van der Waals surface area contributed by atoms with E-state index in [4.69, 9.17) is 0 Å². The van der Waals surface area contributed by atoms with Crippen molar-refractivity contribution in [1.29, 1.82) is 0 Å². The molecule has 0 aliphatic carbocycles. The Bertz CT molecular complexity index is 808. The van der Waals surface area contributed by atoms with Crippen molar-refractivity contribution in [3.8, 4) is 0 Å². The fourth-order valence-electron chi connectivity index (χ4n) is 2.59. The molecule has 3 rings (SSSR count). The molecule has 0 radical (unpaired) electrons. The summed E-state index contributed by atoms with van der Waals surface area (Å²) in [7, 11) is 2.04. The van der Waals surface area contributed by atoms with Crippen molar-refractivity contribution in [2.45, 2.75) is 13.5 Å². The topological polar surface area (TPSA) is 17.0 Å². The van der Waals surface area contributed by atoms with Gasteiger partial charge in [0.25, 0.3) is 0 Å². The van der Waals surface area contributed by atoms with Crippen LogP contribution in [0.4, 0.5) is 10.1 Å². The first-order valence-corrected chi connectivity index (χ1v) is 7.58. The van der Waals surface area contributed by atoms with Gasteiger partial charge in [0.2, 0.25) is 0 Å². The highest BCUT2D eigenvalue weighted by Crippen LogP contribution is 2.26. The Balaban J connectivity index is 1.89. The second kappa shape index (κ2) is 5.53. The highest BCUT2D eigenvalue weighted by atomic mass is 79.9. The van der Waals surface area contributed by atoms with Crippen LogP contribution < -0.4 is 5.32 Å². The maximum Gasteiger partial charge on any atom is 0.139 e. The molecule has 108 valence electrons. The molecule has 0 unspecified atom stereocenters. The van der Waals surface area contributed by atoms with E-state index in [1.807, 2.05) is 26.1 Å². The lowest BCUT2D eigenvalue weighted by atomic mass is 10.1. The number of fused-ring (bicyclic) bond motifs is 1. The van der Waals surface area contributed by atoms with Crippen LogP contribution in [0, 0.1) is 12.7 Å². The van der Waals surface area contributed by atoms with Crippen molar-refractivity contribution < 1.29 is 4.39 Å². The van der Waals surface area contributed by atoms with Crippen LogP contribution >= 0.6 is 15.9 Å². The number of hydrogen-bond acceptors (Lipinski definition) is 1. The summed E-state index contributed by atoms with van der Waals surface area (Å²) < 4.78 is 16.3. The predicted octanol–water partition coefficient (Wildman–Crippen LogP) is 5.00. The predicted molar refractivity (Wildman–Crippen MR) is 89.1 cm³/mol. The second-order valence-electron chi connectivity index (χ2n) is 5.22. The number of aryl methyl sites for hydroxylation is 2. The summed E-state index contributed by atoms with van der Waals surface area (Å²) in [5, 5.41) is 4.55. The van der Waals surface area contributed by atoms with Crippen LogP contribution in [0.2, 0.25) is 0 Å². The van der Waals surface area contributed by atoms with Gasteiger partial charge < -0.3 is 9.88 Å². The molecule has 0 spiro atoms. The number of aromatic nitrogens is 1. The molecule has 1 aromatic heterocycles. The standard InChI is InChI=1S/C17H16BrFN2/c1-11-7-14(18)15(19)8-16(11)20-9-12-10-21(2)17-6-4-3-5-13(12)17/h3-8,10,20H,9H2,1-2H3. The minimum Gasteiger partial charge on any atom is -0.381 e. The van der Waals surface area contributed by atoms with Gasteiger partial charge in [-0.05, 0) is 52.2 Å². The van der Waals surface area contributed by atoms with Gasteiger partial charge in [-0.25, -0.2) is 4.39 Å². The molecule has 4 heteroatoms. The molecule has 3 aromatic rings. The van der Waals surface area contributed by atoms with Gasteiger partial charge in [-0.1, -0.05) is 18.2 Å². The van der Waals surface area contributed by atoms with Gasteiger partial charge in [-0.2, -0.15) is 0 Å². The summed E-state index contributed by atoms with van der Waals surface area (Å²) >= 11 is 3.21. The van der Waals surface area contributed by atoms with E-state index in [1.165, 1.54) is 22.5 Å². The quantitative estimate of drug-likeness (QED) is 0.706. The highest BCUT2D eigenvalue weighted by Gasteiger charge is 2.08. The third-order valence-electron chi connectivity index (χ3n) is 3.72. The van der Waals surface area contributed by atoms with Gasteiger partial charge in [0, 0.05) is 36.4 Å². The zero-order valence-corrected chi connectivity index (χ0v) is 13.5. The summed E-state index contributed by atoms with van der Waals surface area (Å²) in [6.45, 7) is 2.64. The van der Waals surface area contributed by atoms with Crippen molar-refractivity contribution >= 4 is 32.5 Å². The number of rotatable bonds is 3. The largest absolute Gasteiger partial charge is 0.381 e. The van der Waals surface area contributed by atoms with Crippen LogP contribution in [0.5, 0.6) is 0 Å². The van der Waals surface area contributed by atoms with Gasteiger partial charge in [0.1, 0.15) is 5.82 Å². The molecule has 0 amide bonds. The third kappa shape index (κ3) is 2.68. The summed E-state index contributed by atoms with van der Waals surface area (Å²) in [4.78, 5) is 0. The third-order valence-corrected chi connectivity index (χ3v) is 4.32. The Morgan fingerprint density at radius 1 is 1.24 bits per heavy atom. The van der Waals surface area contributed by atoms with Crippen LogP contribution in [0.15, 0.2) is 47.1 Å². The average Bonchev–Trinajstić information content (AvgIpc) is 2.79. The Hall–Kier alpha value is -1.81. The van der Waals surface area contributed by atoms with Gasteiger partial charge >= 0.3 is 0 Å². The van der Waals surface area contributed by atoms with E-state index in [1.54, 1.807) is 6.07 Å². The fourth-order valence-corrected chi connectivity index (χ4v) is 3.05. The van der Waals surface area contributed by atoms with E-state index in [0.717, 1.165) is 11.3 Å². The van der Waals surface area contributed by atoms with Gasteiger partial charge in [-0.3, -0.25) is 0 Å². The maximum atomic E-state index is 13.7. The van der Waals surface area contributed by atoms with Gasteiger partial charge in [0.15, 0.2) is 0 Å². The number of anilines is 1. The number of benzene rings is 2. The maximum absolute atomic E-state index is 13.7.